The normalized spacial score (nSPS) is 12.3. The molecule has 1 unspecified atom stereocenters. The first-order chi connectivity index (χ1) is 9.02. The summed E-state index contributed by atoms with van der Waals surface area (Å²) in [6, 6.07) is 7.16. The van der Waals surface area contributed by atoms with Crippen molar-refractivity contribution in [2.75, 3.05) is 7.11 Å². The van der Waals surface area contributed by atoms with E-state index < -0.39 is 6.10 Å². The number of nitrogens with zero attached hydrogens (tertiary/aromatic N) is 1. The number of aliphatic hydroxyl groups is 1. The second-order valence-corrected chi connectivity index (χ2v) is 4.94. The number of pyridine rings is 1. The van der Waals surface area contributed by atoms with E-state index in [4.69, 9.17) is 16.3 Å². The summed E-state index contributed by atoms with van der Waals surface area (Å²) < 4.78 is 5.26. The van der Waals surface area contributed by atoms with E-state index in [9.17, 15) is 5.11 Å². The maximum atomic E-state index is 10.5. The Kier molecular flexibility index (Phi) is 4.08. The van der Waals surface area contributed by atoms with Crippen molar-refractivity contribution in [2.45, 2.75) is 20.0 Å². The quantitative estimate of drug-likeness (QED) is 0.934. The summed E-state index contributed by atoms with van der Waals surface area (Å²) in [5.74, 6) is 0.596. The van der Waals surface area contributed by atoms with E-state index in [1.165, 1.54) is 0 Å². The molecule has 19 heavy (non-hydrogen) atoms. The van der Waals surface area contributed by atoms with Crippen LogP contribution in [0.25, 0.3) is 0 Å². The Bertz CT molecular complexity index is 599. The Hall–Kier alpha value is -1.58. The highest BCUT2D eigenvalue weighted by molar-refractivity contribution is 6.30. The van der Waals surface area contributed by atoms with Gasteiger partial charge in [0.15, 0.2) is 0 Å². The molecular weight excluding hydrogens is 262 g/mol. The van der Waals surface area contributed by atoms with Crippen LogP contribution in [0, 0.1) is 13.8 Å². The molecule has 1 atom stereocenters. The second kappa shape index (κ2) is 5.59. The Balaban J connectivity index is 2.49. The fraction of sp³-hybridized carbons (Fsp3) is 0.267. The monoisotopic (exact) mass is 277 g/mol. The van der Waals surface area contributed by atoms with Crippen LogP contribution in [0.2, 0.25) is 5.02 Å². The van der Waals surface area contributed by atoms with Crippen molar-refractivity contribution in [3.8, 4) is 5.75 Å². The molecule has 1 N–H and O–H groups in total. The molecule has 0 saturated heterocycles. The highest BCUT2D eigenvalue weighted by Gasteiger charge is 2.19. The van der Waals surface area contributed by atoms with Gasteiger partial charge in [-0.25, -0.2) is 0 Å². The Labute approximate surface area is 117 Å². The van der Waals surface area contributed by atoms with Crippen LogP contribution < -0.4 is 4.74 Å². The standard InChI is InChI=1S/C15H16ClNO2/c1-9-6-10(2)14(17-8-9)15(18)12-7-11(16)4-5-13(12)19-3/h4-8,15,18H,1-3H3. The van der Waals surface area contributed by atoms with E-state index in [1.807, 2.05) is 19.9 Å². The molecule has 0 aliphatic rings. The van der Waals surface area contributed by atoms with Gasteiger partial charge in [0.05, 0.1) is 12.8 Å². The smallest absolute Gasteiger partial charge is 0.125 e. The lowest BCUT2D eigenvalue weighted by Gasteiger charge is -2.16. The first kappa shape index (κ1) is 13.8. The molecule has 100 valence electrons. The van der Waals surface area contributed by atoms with Crippen LogP contribution in [0.1, 0.15) is 28.5 Å². The minimum Gasteiger partial charge on any atom is -0.496 e. The Morgan fingerprint density at radius 2 is 2.00 bits per heavy atom. The van der Waals surface area contributed by atoms with Crippen molar-refractivity contribution in [1.29, 1.82) is 0 Å². The zero-order valence-corrected chi connectivity index (χ0v) is 11.9. The Morgan fingerprint density at radius 3 is 2.63 bits per heavy atom. The molecule has 0 amide bonds. The topological polar surface area (TPSA) is 42.4 Å². The molecule has 1 aromatic heterocycles. The van der Waals surface area contributed by atoms with Gasteiger partial charge in [-0.15, -0.1) is 0 Å². The van der Waals surface area contributed by atoms with Gasteiger partial charge < -0.3 is 9.84 Å². The largest absolute Gasteiger partial charge is 0.496 e. The molecular formula is C15H16ClNO2. The molecule has 2 aromatic rings. The molecule has 0 aliphatic carbocycles. The SMILES string of the molecule is COc1ccc(Cl)cc1C(O)c1ncc(C)cc1C. The first-order valence-electron chi connectivity index (χ1n) is 5.97. The molecule has 0 spiro atoms. The molecule has 0 radical (unpaired) electrons. The molecule has 0 bridgehead atoms. The molecule has 0 fully saturated rings. The number of rotatable bonds is 3. The highest BCUT2D eigenvalue weighted by atomic mass is 35.5. The summed E-state index contributed by atoms with van der Waals surface area (Å²) in [5, 5.41) is 11.1. The zero-order chi connectivity index (χ0) is 14.0. The average molecular weight is 278 g/mol. The van der Waals surface area contributed by atoms with Gasteiger partial charge in [0.25, 0.3) is 0 Å². The number of hydrogen-bond donors (Lipinski definition) is 1. The summed E-state index contributed by atoms with van der Waals surface area (Å²) in [6.45, 7) is 3.89. The number of hydrogen-bond acceptors (Lipinski definition) is 3. The second-order valence-electron chi connectivity index (χ2n) is 4.50. The zero-order valence-electron chi connectivity index (χ0n) is 11.1. The summed E-state index contributed by atoms with van der Waals surface area (Å²) in [6.07, 6.45) is 0.886. The fourth-order valence-electron chi connectivity index (χ4n) is 2.08. The van der Waals surface area contributed by atoms with Gasteiger partial charge in [0.2, 0.25) is 0 Å². The predicted octanol–water partition coefficient (Wildman–Crippen LogP) is 3.44. The van der Waals surface area contributed by atoms with E-state index in [1.54, 1.807) is 31.5 Å². The molecule has 1 heterocycles. The maximum Gasteiger partial charge on any atom is 0.125 e. The predicted molar refractivity (Wildman–Crippen MR) is 75.8 cm³/mol. The first-order valence-corrected chi connectivity index (χ1v) is 6.35. The van der Waals surface area contributed by atoms with Crippen LogP contribution in [-0.4, -0.2) is 17.2 Å². The van der Waals surface area contributed by atoms with Crippen LogP contribution in [0.3, 0.4) is 0 Å². The molecule has 4 heteroatoms. The van der Waals surface area contributed by atoms with E-state index >= 15 is 0 Å². The van der Waals surface area contributed by atoms with Crippen molar-refractivity contribution >= 4 is 11.6 Å². The van der Waals surface area contributed by atoms with Crippen LogP contribution in [0.4, 0.5) is 0 Å². The maximum absolute atomic E-state index is 10.5. The van der Waals surface area contributed by atoms with Gasteiger partial charge >= 0.3 is 0 Å². The van der Waals surface area contributed by atoms with Gasteiger partial charge in [0, 0.05) is 16.8 Å². The lowest BCUT2D eigenvalue weighted by Crippen LogP contribution is -2.07. The molecule has 2 rings (SSSR count). The van der Waals surface area contributed by atoms with Crippen molar-refractivity contribution in [1.82, 2.24) is 4.98 Å². The summed E-state index contributed by atoms with van der Waals surface area (Å²) in [4.78, 5) is 4.31. The third-order valence-corrected chi connectivity index (χ3v) is 3.24. The lowest BCUT2D eigenvalue weighted by atomic mass is 10.0. The molecule has 0 saturated carbocycles. The number of aliphatic hydroxyl groups excluding tert-OH is 1. The highest BCUT2D eigenvalue weighted by Crippen LogP contribution is 2.32. The minimum atomic E-state index is -0.853. The van der Waals surface area contributed by atoms with Crippen LogP contribution in [0.15, 0.2) is 30.5 Å². The third kappa shape index (κ3) is 2.88. The van der Waals surface area contributed by atoms with Gasteiger partial charge in [0.1, 0.15) is 11.9 Å². The number of aromatic nitrogens is 1. The summed E-state index contributed by atoms with van der Waals surface area (Å²) in [7, 11) is 1.56. The van der Waals surface area contributed by atoms with Crippen LogP contribution >= 0.6 is 11.6 Å². The average Bonchev–Trinajstić information content (AvgIpc) is 2.38. The van der Waals surface area contributed by atoms with Gasteiger partial charge in [-0.3, -0.25) is 4.98 Å². The number of benzene rings is 1. The van der Waals surface area contributed by atoms with E-state index in [0.717, 1.165) is 11.1 Å². The van der Waals surface area contributed by atoms with E-state index in [2.05, 4.69) is 4.98 Å². The van der Waals surface area contributed by atoms with E-state index in [0.29, 0.717) is 22.0 Å². The van der Waals surface area contributed by atoms with E-state index in [-0.39, 0.29) is 0 Å². The molecule has 3 nitrogen and oxygen atoms in total. The van der Waals surface area contributed by atoms with Crippen molar-refractivity contribution < 1.29 is 9.84 Å². The number of ether oxygens (including phenoxy) is 1. The molecule has 1 aromatic carbocycles. The fourth-order valence-corrected chi connectivity index (χ4v) is 2.26. The van der Waals surface area contributed by atoms with Crippen molar-refractivity contribution in [3.63, 3.8) is 0 Å². The van der Waals surface area contributed by atoms with Crippen molar-refractivity contribution in [2.24, 2.45) is 0 Å². The number of halogens is 1. The Morgan fingerprint density at radius 1 is 1.26 bits per heavy atom. The molecule has 0 aliphatic heterocycles. The van der Waals surface area contributed by atoms with Crippen molar-refractivity contribution in [3.05, 3.63) is 57.9 Å². The number of methoxy groups -OCH3 is 1. The summed E-state index contributed by atoms with van der Waals surface area (Å²) in [5.41, 5.74) is 3.24. The van der Waals surface area contributed by atoms with Gasteiger partial charge in [-0.1, -0.05) is 17.7 Å². The van der Waals surface area contributed by atoms with Gasteiger partial charge in [-0.2, -0.15) is 0 Å². The van der Waals surface area contributed by atoms with Crippen LogP contribution in [0.5, 0.6) is 5.75 Å². The number of aryl methyl sites for hydroxylation is 2. The van der Waals surface area contributed by atoms with Crippen LogP contribution in [-0.2, 0) is 0 Å². The lowest BCUT2D eigenvalue weighted by molar-refractivity contribution is 0.209. The minimum absolute atomic E-state index is 0.555. The van der Waals surface area contributed by atoms with Gasteiger partial charge in [-0.05, 0) is 43.2 Å². The third-order valence-electron chi connectivity index (χ3n) is 3.00. The summed E-state index contributed by atoms with van der Waals surface area (Å²) >= 11 is 5.98.